The van der Waals surface area contributed by atoms with Crippen LogP contribution in [-0.4, -0.2) is 7.05 Å². The van der Waals surface area contributed by atoms with Crippen LogP contribution in [0.5, 0.6) is 11.5 Å². The lowest BCUT2D eigenvalue weighted by Crippen LogP contribution is -2.13. The van der Waals surface area contributed by atoms with Crippen molar-refractivity contribution in [3.8, 4) is 17.6 Å². The highest BCUT2D eigenvalue weighted by Crippen LogP contribution is 2.33. The second-order valence-corrected chi connectivity index (χ2v) is 5.47. The highest BCUT2D eigenvalue weighted by atomic mass is 79.9. The summed E-state index contributed by atoms with van der Waals surface area (Å²) in [5.41, 5.74) is 1.18. The molecule has 0 saturated heterocycles. The smallest absolute Gasteiger partial charge is 0.167 e. The topological polar surface area (TPSA) is 45.0 Å². The van der Waals surface area contributed by atoms with Gasteiger partial charge in [-0.25, -0.2) is 4.39 Å². The Morgan fingerprint density at radius 1 is 1.24 bits per heavy atom. The van der Waals surface area contributed by atoms with Crippen molar-refractivity contribution in [2.24, 2.45) is 0 Å². The van der Waals surface area contributed by atoms with Crippen molar-refractivity contribution in [3.05, 3.63) is 57.8 Å². The molecule has 0 radical (unpaired) electrons. The first-order valence-electron chi connectivity index (χ1n) is 6.39. The predicted octanol–water partition coefficient (Wildman–Crippen LogP) is 4.53. The Hall–Kier alpha value is -1.90. The summed E-state index contributed by atoms with van der Waals surface area (Å²) in [7, 11) is 1.85. The molecule has 2 rings (SSSR count). The second-order valence-electron chi connectivity index (χ2n) is 4.55. The molecule has 0 aliphatic rings. The van der Waals surface area contributed by atoms with Crippen molar-refractivity contribution >= 4 is 15.9 Å². The van der Waals surface area contributed by atoms with Crippen LogP contribution in [0.15, 0.2) is 40.9 Å². The van der Waals surface area contributed by atoms with Crippen LogP contribution >= 0.6 is 15.9 Å². The largest absolute Gasteiger partial charge is 0.454 e. The second kappa shape index (κ2) is 6.70. The fourth-order valence-electron chi connectivity index (χ4n) is 1.88. The summed E-state index contributed by atoms with van der Waals surface area (Å²) in [5.74, 6) is 0.101. The maximum atomic E-state index is 13.9. The molecule has 0 heterocycles. The fourth-order valence-corrected chi connectivity index (χ4v) is 2.22. The molecule has 0 aromatic heterocycles. The fraction of sp³-hybridized carbons (Fsp3) is 0.188. The van der Waals surface area contributed by atoms with Gasteiger partial charge in [0.15, 0.2) is 11.6 Å². The van der Waals surface area contributed by atoms with Crippen molar-refractivity contribution in [2.75, 3.05) is 7.05 Å². The molecule has 0 aliphatic carbocycles. The van der Waals surface area contributed by atoms with Crippen molar-refractivity contribution in [1.82, 2.24) is 5.32 Å². The Morgan fingerprint density at radius 2 is 2.00 bits per heavy atom. The van der Waals surface area contributed by atoms with Crippen LogP contribution in [0, 0.1) is 17.1 Å². The number of ether oxygens (including phenoxy) is 1. The summed E-state index contributed by atoms with van der Waals surface area (Å²) in [6.45, 7) is 1.99. The molecule has 3 nitrogen and oxygen atoms in total. The van der Waals surface area contributed by atoms with Gasteiger partial charge in [-0.2, -0.15) is 5.26 Å². The molecule has 0 saturated carbocycles. The van der Waals surface area contributed by atoms with Crippen molar-refractivity contribution < 1.29 is 9.13 Å². The molecule has 2 aromatic carbocycles. The molecule has 1 N–H and O–H groups in total. The van der Waals surface area contributed by atoms with E-state index < -0.39 is 5.82 Å². The monoisotopic (exact) mass is 348 g/mol. The lowest BCUT2D eigenvalue weighted by atomic mass is 10.1. The van der Waals surface area contributed by atoms with E-state index in [1.54, 1.807) is 6.07 Å². The number of halogens is 2. The standard InChI is InChI=1S/C16H14BrFN2O/c1-10(20-2)13-5-4-12(17)8-16(13)21-15-6-3-11(9-19)7-14(15)18/h3-8,10,20H,1-2H3. The van der Waals surface area contributed by atoms with Crippen molar-refractivity contribution in [1.29, 1.82) is 5.26 Å². The van der Waals surface area contributed by atoms with E-state index in [4.69, 9.17) is 10.00 Å². The number of nitriles is 1. The number of nitrogens with zero attached hydrogens (tertiary/aromatic N) is 1. The van der Waals surface area contributed by atoms with Gasteiger partial charge in [0.2, 0.25) is 0 Å². The number of nitrogens with one attached hydrogen (secondary N) is 1. The summed E-state index contributed by atoms with van der Waals surface area (Å²) in [6, 6.07) is 11.7. The maximum absolute atomic E-state index is 13.9. The summed E-state index contributed by atoms with van der Waals surface area (Å²) >= 11 is 3.38. The lowest BCUT2D eigenvalue weighted by molar-refractivity contribution is 0.431. The van der Waals surface area contributed by atoms with Gasteiger partial charge in [-0.05, 0) is 44.3 Å². The molecule has 0 spiro atoms. The van der Waals surface area contributed by atoms with E-state index in [9.17, 15) is 4.39 Å². The third kappa shape index (κ3) is 3.60. The zero-order valence-electron chi connectivity index (χ0n) is 11.7. The molecule has 1 atom stereocenters. The SMILES string of the molecule is CNC(C)c1ccc(Br)cc1Oc1ccc(C#N)cc1F. The Balaban J connectivity index is 2.39. The van der Waals surface area contributed by atoms with Gasteiger partial charge in [0.25, 0.3) is 0 Å². The first-order valence-corrected chi connectivity index (χ1v) is 7.18. The summed E-state index contributed by atoms with van der Waals surface area (Å²) in [5, 5.41) is 11.9. The Bertz CT molecular complexity index is 697. The van der Waals surface area contributed by atoms with Gasteiger partial charge in [-0.1, -0.05) is 22.0 Å². The van der Waals surface area contributed by atoms with Gasteiger partial charge in [-0.15, -0.1) is 0 Å². The summed E-state index contributed by atoms with van der Waals surface area (Å²) in [4.78, 5) is 0. The van der Waals surface area contributed by atoms with Crippen LogP contribution in [0.25, 0.3) is 0 Å². The molecule has 108 valence electrons. The molecule has 0 aliphatic heterocycles. The van der Waals surface area contributed by atoms with Crippen LogP contribution in [-0.2, 0) is 0 Å². The van der Waals surface area contributed by atoms with E-state index in [1.807, 2.05) is 32.2 Å². The van der Waals surface area contributed by atoms with E-state index in [2.05, 4.69) is 21.2 Å². The summed E-state index contributed by atoms with van der Waals surface area (Å²) < 4.78 is 20.5. The highest BCUT2D eigenvalue weighted by molar-refractivity contribution is 9.10. The molecule has 21 heavy (non-hydrogen) atoms. The molecular weight excluding hydrogens is 335 g/mol. The third-order valence-corrected chi connectivity index (χ3v) is 3.65. The van der Waals surface area contributed by atoms with E-state index in [-0.39, 0.29) is 17.4 Å². The average molecular weight is 349 g/mol. The lowest BCUT2D eigenvalue weighted by Gasteiger charge is -2.17. The van der Waals surface area contributed by atoms with Crippen molar-refractivity contribution in [2.45, 2.75) is 13.0 Å². The normalized spacial score (nSPS) is 11.8. The third-order valence-electron chi connectivity index (χ3n) is 3.16. The van der Waals surface area contributed by atoms with Crippen LogP contribution < -0.4 is 10.1 Å². The Kier molecular flexibility index (Phi) is 4.94. The highest BCUT2D eigenvalue weighted by Gasteiger charge is 2.13. The number of rotatable bonds is 4. The van der Waals surface area contributed by atoms with Crippen molar-refractivity contribution in [3.63, 3.8) is 0 Å². The van der Waals surface area contributed by atoms with Gasteiger partial charge in [0.1, 0.15) is 5.75 Å². The zero-order valence-corrected chi connectivity index (χ0v) is 13.2. The van der Waals surface area contributed by atoms with Crippen LogP contribution in [0.3, 0.4) is 0 Å². The van der Waals surface area contributed by atoms with Crippen LogP contribution in [0.4, 0.5) is 4.39 Å². The molecule has 0 fully saturated rings. The first kappa shape index (κ1) is 15.5. The minimum absolute atomic E-state index is 0.0644. The van der Waals surface area contributed by atoms with Gasteiger partial charge in [0.05, 0.1) is 11.6 Å². The number of benzene rings is 2. The molecule has 0 bridgehead atoms. The van der Waals surface area contributed by atoms with E-state index in [1.165, 1.54) is 12.1 Å². The quantitative estimate of drug-likeness (QED) is 0.882. The predicted molar refractivity (Wildman–Crippen MR) is 82.8 cm³/mol. The maximum Gasteiger partial charge on any atom is 0.167 e. The molecule has 5 heteroatoms. The summed E-state index contributed by atoms with van der Waals surface area (Å²) in [6.07, 6.45) is 0. The molecular formula is C16H14BrFN2O. The van der Waals surface area contributed by atoms with Gasteiger partial charge in [-0.3, -0.25) is 0 Å². The number of hydrogen-bond donors (Lipinski definition) is 1. The Labute approximate surface area is 131 Å². The van der Waals surface area contributed by atoms with Gasteiger partial charge >= 0.3 is 0 Å². The van der Waals surface area contributed by atoms with Gasteiger partial charge in [0, 0.05) is 16.1 Å². The van der Waals surface area contributed by atoms with Crippen LogP contribution in [0.1, 0.15) is 24.1 Å². The van der Waals surface area contributed by atoms with Crippen LogP contribution in [0.2, 0.25) is 0 Å². The van der Waals surface area contributed by atoms with E-state index >= 15 is 0 Å². The molecule has 1 unspecified atom stereocenters. The molecule has 0 amide bonds. The minimum Gasteiger partial charge on any atom is -0.454 e. The first-order chi connectivity index (χ1) is 10.0. The molecule has 2 aromatic rings. The van der Waals surface area contributed by atoms with Gasteiger partial charge < -0.3 is 10.1 Å². The average Bonchev–Trinajstić information content (AvgIpc) is 2.48. The zero-order chi connectivity index (χ0) is 15.4. The van der Waals surface area contributed by atoms with E-state index in [0.717, 1.165) is 16.1 Å². The Morgan fingerprint density at radius 3 is 2.62 bits per heavy atom. The number of hydrogen-bond acceptors (Lipinski definition) is 3. The minimum atomic E-state index is -0.558. The van der Waals surface area contributed by atoms with E-state index in [0.29, 0.717) is 5.75 Å².